The van der Waals surface area contributed by atoms with Crippen LogP contribution in [0.4, 0.5) is 5.69 Å². The van der Waals surface area contributed by atoms with Crippen molar-refractivity contribution >= 4 is 27.8 Å². The predicted molar refractivity (Wildman–Crippen MR) is 141 cm³/mol. The van der Waals surface area contributed by atoms with Gasteiger partial charge in [0.1, 0.15) is 18.0 Å². The lowest BCUT2D eigenvalue weighted by Crippen LogP contribution is -2.39. The van der Waals surface area contributed by atoms with Crippen LogP contribution in [0.15, 0.2) is 88.9 Å². The van der Waals surface area contributed by atoms with E-state index < -0.39 is 22.5 Å². The zero-order valence-electron chi connectivity index (χ0n) is 20.5. The molecule has 0 unspecified atom stereocenters. The molecular formula is C27H31N3O5S. The average Bonchev–Trinajstić information content (AvgIpc) is 2.91. The summed E-state index contributed by atoms with van der Waals surface area (Å²) in [4.78, 5) is 12.9. The first kappa shape index (κ1) is 26.7. The molecular weight excluding hydrogens is 478 g/mol. The second-order valence-electron chi connectivity index (χ2n) is 7.88. The molecule has 36 heavy (non-hydrogen) atoms. The number of benzene rings is 3. The van der Waals surface area contributed by atoms with E-state index in [1.54, 1.807) is 42.5 Å². The SMILES string of the molecule is CCCCCOc1ccccc1/C=N/NC(=O)CN(c1ccccc1OC)S(=O)(=O)c1ccccc1. The lowest BCUT2D eigenvalue weighted by molar-refractivity contribution is -0.119. The van der Waals surface area contributed by atoms with Crippen molar-refractivity contribution in [3.05, 3.63) is 84.4 Å². The van der Waals surface area contributed by atoms with Crippen molar-refractivity contribution in [1.82, 2.24) is 5.43 Å². The van der Waals surface area contributed by atoms with Crippen LogP contribution < -0.4 is 19.2 Å². The van der Waals surface area contributed by atoms with Gasteiger partial charge in [0.2, 0.25) is 0 Å². The first-order valence-electron chi connectivity index (χ1n) is 11.7. The minimum atomic E-state index is -4.06. The maximum absolute atomic E-state index is 13.5. The molecule has 190 valence electrons. The summed E-state index contributed by atoms with van der Waals surface area (Å²) in [6.45, 7) is 2.23. The topological polar surface area (TPSA) is 97.3 Å². The first-order valence-corrected chi connectivity index (χ1v) is 13.2. The summed E-state index contributed by atoms with van der Waals surface area (Å²) in [6.07, 6.45) is 4.62. The monoisotopic (exact) mass is 509 g/mol. The minimum absolute atomic E-state index is 0.0568. The van der Waals surface area contributed by atoms with Crippen molar-refractivity contribution in [1.29, 1.82) is 0 Å². The van der Waals surface area contributed by atoms with E-state index in [0.29, 0.717) is 23.7 Å². The minimum Gasteiger partial charge on any atom is -0.495 e. The van der Waals surface area contributed by atoms with E-state index in [9.17, 15) is 13.2 Å². The number of rotatable bonds is 13. The van der Waals surface area contributed by atoms with Gasteiger partial charge < -0.3 is 9.47 Å². The number of sulfonamides is 1. The highest BCUT2D eigenvalue weighted by Gasteiger charge is 2.29. The van der Waals surface area contributed by atoms with E-state index in [0.717, 1.165) is 23.6 Å². The largest absolute Gasteiger partial charge is 0.495 e. The van der Waals surface area contributed by atoms with Gasteiger partial charge in [0.25, 0.3) is 15.9 Å². The third kappa shape index (κ3) is 7.08. The van der Waals surface area contributed by atoms with Crippen molar-refractivity contribution in [2.24, 2.45) is 5.10 Å². The molecule has 8 nitrogen and oxygen atoms in total. The van der Waals surface area contributed by atoms with Gasteiger partial charge in [0, 0.05) is 5.56 Å². The van der Waals surface area contributed by atoms with E-state index in [1.807, 2.05) is 24.3 Å². The highest BCUT2D eigenvalue weighted by Crippen LogP contribution is 2.32. The van der Waals surface area contributed by atoms with Gasteiger partial charge in [-0.15, -0.1) is 0 Å². The van der Waals surface area contributed by atoms with Crippen LogP contribution in [-0.2, 0) is 14.8 Å². The maximum atomic E-state index is 13.5. The van der Waals surface area contributed by atoms with E-state index in [-0.39, 0.29) is 10.6 Å². The maximum Gasteiger partial charge on any atom is 0.264 e. The molecule has 0 aromatic heterocycles. The molecule has 0 fully saturated rings. The van der Waals surface area contributed by atoms with Crippen LogP contribution in [0.3, 0.4) is 0 Å². The number of unbranched alkanes of at least 4 members (excludes halogenated alkanes) is 2. The Kier molecular flexibility index (Phi) is 9.88. The van der Waals surface area contributed by atoms with Crippen molar-refractivity contribution in [3.63, 3.8) is 0 Å². The molecule has 0 aliphatic heterocycles. The highest BCUT2D eigenvalue weighted by atomic mass is 32.2. The fraction of sp³-hybridized carbons (Fsp3) is 0.259. The van der Waals surface area contributed by atoms with Crippen LogP contribution in [0.1, 0.15) is 31.7 Å². The number of ether oxygens (including phenoxy) is 2. The quantitative estimate of drug-likeness (QED) is 0.206. The average molecular weight is 510 g/mol. The predicted octanol–water partition coefficient (Wildman–Crippen LogP) is 4.61. The molecule has 0 atom stereocenters. The number of carbonyl (C=O) groups is 1. The number of methoxy groups -OCH3 is 1. The van der Waals surface area contributed by atoms with Gasteiger partial charge in [-0.1, -0.05) is 62.2 Å². The third-order valence-electron chi connectivity index (χ3n) is 5.29. The number of nitrogens with one attached hydrogen (secondary N) is 1. The molecule has 3 rings (SSSR count). The summed E-state index contributed by atoms with van der Waals surface area (Å²) in [6, 6.07) is 21.9. The second-order valence-corrected chi connectivity index (χ2v) is 9.75. The third-order valence-corrected chi connectivity index (χ3v) is 7.06. The normalized spacial score (nSPS) is 11.3. The number of hydrazone groups is 1. The summed E-state index contributed by atoms with van der Waals surface area (Å²) < 4.78 is 39.1. The molecule has 1 N–H and O–H groups in total. The van der Waals surface area contributed by atoms with Crippen LogP contribution >= 0.6 is 0 Å². The molecule has 0 spiro atoms. The molecule has 0 radical (unpaired) electrons. The van der Waals surface area contributed by atoms with Crippen LogP contribution in [0.2, 0.25) is 0 Å². The molecule has 0 aliphatic carbocycles. The number of para-hydroxylation sites is 3. The molecule has 1 amide bonds. The molecule has 0 saturated carbocycles. The smallest absolute Gasteiger partial charge is 0.264 e. The Morgan fingerprint density at radius 3 is 2.33 bits per heavy atom. The molecule has 0 saturated heterocycles. The standard InChI is InChI=1S/C27H31N3O5S/c1-3-4-12-19-35-25-17-10-8-13-22(25)20-28-29-27(31)21-30(24-16-9-11-18-26(24)34-2)36(32,33)23-14-6-5-7-15-23/h5-11,13-18,20H,3-4,12,19,21H2,1-2H3,(H,29,31)/b28-20+. The van der Waals surface area contributed by atoms with E-state index in [1.165, 1.54) is 25.5 Å². The Bertz CT molecular complexity index is 1260. The summed E-state index contributed by atoms with van der Waals surface area (Å²) in [5.74, 6) is 0.370. The van der Waals surface area contributed by atoms with Crippen LogP contribution in [0, 0.1) is 0 Å². The zero-order valence-corrected chi connectivity index (χ0v) is 21.3. The lowest BCUT2D eigenvalue weighted by atomic mass is 10.2. The van der Waals surface area contributed by atoms with Gasteiger partial charge in [-0.3, -0.25) is 9.10 Å². The van der Waals surface area contributed by atoms with Crippen LogP contribution in [0.5, 0.6) is 11.5 Å². The van der Waals surface area contributed by atoms with Gasteiger partial charge in [-0.2, -0.15) is 5.10 Å². The number of carbonyl (C=O) groups excluding carboxylic acids is 1. The van der Waals surface area contributed by atoms with Crippen molar-refractivity contribution in [2.45, 2.75) is 31.1 Å². The van der Waals surface area contributed by atoms with Crippen LogP contribution in [-0.4, -0.2) is 40.8 Å². The van der Waals surface area contributed by atoms with Gasteiger partial charge in [-0.25, -0.2) is 13.8 Å². The zero-order chi connectivity index (χ0) is 25.8. The molecule has 0 heterocycles. The fourth-order valence-electron chi connectivity index (χ4n) is 3.45. The number of anilines is 1. The fourth-order valence-corrected chi connectivity index (χ4v) is 4.90. The van der Waals surface area contributed by atoms with E-state index in [4.69, 9.17) is 9.47 Å². The Labute approximate surface area is 212 Å². The van der Waals surface area contributed by atoms with Gasteiger partial charge >= 0.3 is 0 Å². The Morgan fingerprint density at radius 2 is 1.61 bits per heavy atom. The lowest BCUT2D eigenvalue weighted by Gasteiger charge is -2.25. The number of hydrogen-bond donors (Lipinski definition) is 1. The highest BCUT2D eigenvalue weighted by molar-refractivity contribution is 7.92. The number of hydrogen-bond acceptors (Lipinski definition) is 6. The molecule has 0 aliphatic rings. The van der Waals surface area contributed by atoms with Crippen molar-refractivity contribution < 1.29 is 22.7 Å². The summed E-state index contributed by atoms with van der Waals surface area (Å²) in [5.41, 5.74) is 3.37. The Balaban J connectivity index is 1.78. The van der Waals surface area contributed by atoms with Crippen molar-refractivity contribution in [3.8, 4) is 11.5 Å². The van der Waals surface area contributed by atoms with E-state index >= 15 is 0 Å². The Morgan fingerprint density at radius 1 is 0.944 bits per heavy atom. The summed E-state index contributed by atoms with van der Waals surface area (Å²) in [5, 5.41) is 4.03. The van der Waals surface area contributed by atoms with Gasteiger partial charge in [0.15, 0.2) is 0 Å². The summed E-state index contributed by atoms with van der Waals surface area (Å²) >= 11 is 0. The van der Waals surface area contributed by atoms with Gasteiger partial charge in [-0.05, 0) is 42.8 Å². The molecule has 9 heteroatoms. The summed E-state index contributed by atoms with van der Waals surface area (Å²) in [7, 11) is -2.62. The molecule has 0 bridgehead atoms. The number of nitrogens with zero attached hydrogens (tertiary/aromatic N) is 2. The number of amides is 1. The van der Waals surface area contributed by atoms with Gasteiger partial charge in [0.05, 0.1) is 30.5 Å². The first-order chi connectivity index (χ1) is 17.5. The van der Waals surface area contributed by atoms with Crippen molar-refractivity contribution in [2.75, 3.05) is 24.6 Å². The second kappa shape index (κ2) is 13.3. The molecule has 3 aromatic carbocycles. The van der Waals surface area contributed by atoms with Crippen LogP contribution in [0.25, 0.3) is 0 Å². The molecule has 3 aromatic rings. The van der Waals surface area contributed by atoms with E-state index in [2.05, 4.69) is 17.5 Å². The Hall–Kier alpha value is -3.85.